The zero-order chi connectivity index (χ0) is 18.1. The maximum absolute atomic E-state index is 13.8. The van der Waals surface area contributed by atoms with Gasteiger partial charge < -0.3 is 15.2 Å². The fourth-order valence-corrected chi connectivity index (χ4v) is 3.42. The third kappa shape index (κ3) is 3.87. The van der Waals surface area contributed by atoms with E-state index in [1.165, 1.54) is 12.1 Å². The SMILES string of the molecule is Cl.N#Cc1ccc(Cn2c(N3CCC[C@H](N)C3)nc3ccc(F)cc32)nc1. The number of nitrogens with two attached hydrogens (primary N) is 1. The highest BCUT2D eigenvalue weighted by Crippen LogP contribution is 2.26. The highest BCUT2D eigenvalue weighted by atomic mass is 35.5. The molecule has 0 amide bonds. The number of nitrogens with zero attached hydrogens (tertiary/aromatic N) is 5. The predicted molar refractivity (Wildman–Crippen MR) is 104 cm³/mol. The summed E-state index contributed by atoms with van der Waals surface area (Å²) in [6.07, 6.45) is 3.56. The number of imidazole rings is 1. The van der Waals surface area contributed by atoms with E-state index >= 15 is 0 Å². The minimum atomic E-state index is -0.298. The molecule has 3 aromatic rings. The molecule has 6 nitrogen and oxygen atoms in total. The highest BCUT2D eigenvalue weighted by molar-refractivity contribution is 5.85. The molecule has 0 spiro atoms. The minimum Gasteiger partial charge on any atom is -0.341 e. The Labute approximate surface area is 162 Å². The first kappa shape index (κ1) is 19.1. The highest BCUT2D eigenvalue weighted by Gasteiger charge is 2.23. The van der Waals surface area contributed by atoms with Gasteiger partial charge in [-0.1, -0.05) is 0 Å². The van der Waals surface area contributed by atoms with Gasteiger partial charge in [0, 0.05) is 25.3 Å². The maximum atomic E-state index is 13.8. The van der Waals surface area contributed by atoms with Crippen molar-refractivity contribution in [1.82, 2.24) is 14.5 Å². The molecule has 8 heteroatoms. The van der Waals surface area contributed by atoms with Crippen LogP contribution in [0.25, 0.3) is 11.0 Å². The standard InChI is InChI=1S/C19H19FN6.ClH/c20-14-4-6-17-18(8-14)26(12-16-5-3-13(9-21)10-23-16)19(24-17)25-7-1-2-15(22)11-25;/h3-6,8,10,15H,1-2,7,11-12,22H2;1H/t15-;/m0./s1. The van der Waals surface area contributed by atoms with Crippen molar-refractivity contribution in [2.45, 2.75) is 25.4 Å². The summed E-state index contributed by atoms with van der Waals surface area (Å²) < 4.78 is 15.8. The molecule has 1 atom stereocenters. The Hall–Kier alpha value is -2.69. The summed E-state index contributed by atoms with van der Waals surface area (Å²) in [4.78, 5) is 11.2. The van der Waals surface area contributed by atoms with Gasteiger partial charge in [-0.15, -0.1) is 12.4 Å². The average Bonchev–Trinajstić information content (AvgIpc) is 3.00. The molecular weight excluding hydrogens is 367 g/mol. The molecule has 0 aliphatic carbocycles. The van der Waals surface area contributed by atoms with Crippen LogP contribution in [0.5, 0.6) is 0 Å². The van der Waals surface area contributed by atoms with E-state index in [2.05, 4.69) is 16.0 Å². The van der Waals surface area contributed by atoms with Crippen LogP contribution in [-0.4, -0.2) is 33.7 Å². The quantitative estimate of drug-likeness (QED) is 0.748. The Kier molecular flexibility index (Phi) is 5.59. The van der Waals surface area contributed by atoms with E-state index in [0.717, 1.165) is 48.6 Å². The zero-order valence-electron chi connectivity index (χ0n) is 14.7. The number of piperidine rings is 1. The van der Waals surface area contributed by atoms with Crippen molar-refractivity contribution in [3.05, 3.63) is 53.6 Å². The lowest BCUT2D eigenvalue weighted by atomic mass is 10.1. The molecule has 0 unspecified atom stereocenters. The number of rotatable bonds is 3. The summed E-state index contributed by atoms with van der Waals surface area (Å²) in [6, 6.07) is 10.3. The molecule has 1 saturated heterocycles. The molecular formula is C19H20ClFN6. The first-order valence-electron chi connectivity index (χ1n) is 8.65. The largest absolute Gasteiger partial charge is 0.341 e. The summed E-state index contributed by atoms with van der Waals surface area (Å²) >= 11 is 0. The number of nitriles is 1. The lowest BCUT2D eigenvalue weighted by molar-refractivity contribution is 0.495. The van der Waals surface area contributed by atoms with Crippen LogP contribution < -0.4 is 10.6 Å². The summed E-state index contributed by atoms with van der Waals surface area (Å²) in [5.74, 6) is 0.486. The molecule has 4 rings (SSSR count). The molecule has 1 aliphatic heterocycles. The molecule has 1 aromatic carbocycles. The van der Waals surface area contributed by atoms with Gasteiger partial charge in [0.2, 0.25) is 5.95 Å². The first-order chi connectivity index (χ1) is 12.6. The number of benzene rings is 1. The Morgan fingerprint density at radius 2 is 2.15 bits per heavy atom. The van der Waals surface area contributed by atoms with E-state index in [0.29, 0.717) is 12.1 Å². The zero-order valence-corrected chi connectivity index (χ0v) is 15.5. The molecule has 0 saturated carbocycles. The monoisotopic (exact) mass is 386 g/mol. The van der Waals surface area contributed by atoms with E-state index in [4.69, 9.17) is 16.0 Å². The first-order valence-corrected chi connectivity index (χ1v) is 8.65. The fourth-order valence-electron chi connectivity index (χ4n) is 3.42. The number of hydrogen-bond donors (Lipinski definition) is 1. The van der Waals surface area contributed by atoms with Crippen LogP contribution in [0, 0.1) is 17.1 Å². The smallest absolute Gasteiger partial charge is 0.206 e. The molecule has 1 aliphatic rings. The summed E-state index contributed by atoms with van der Waals surface area (Å²) in [7, 11) is 0. The van der Waals surface area contributed by atoms with E-state index < -0.39 is 0 Å². The lowest BCUT2D eigenvalue weighted by Crippen LogP contribution is -2.44. The predicted octanol–water partition coefficient (Wildman–Crippen LogP) is 2.84. The van der Waals surface area contributed by atoms with Crippen molar-refractivity contribution in [2.75, 3.05) is 18.0 Å². The fraction of sp³-hybridized carbons (Fsp3) is 0.316. The summed E-state index contributed by atoms with van der Waals surface area (Å²) in [5.41, 5.74) is 8.90. The van der Waals surface area contributed by atoms with Crippen molar-refractivity contribution in [1.29, 1.82) is 5.26 Å². The van der Waals surface area contributed by atoms with Gasteiger partial charge in [-0.3, -0.25) is 4.98 Å². The molecule has 1 fully saturated rings. The van der Waals surface area contributed by atoms with Crippen LogP contribution >= 0.6 is 12.4 Å². The van der Waals surface area contributed by atoms with Crippen LogP contribution in [0.2, 0.25) is 0 Å². The molecule has 3 heterocycles. The van der Waals surface area contributed by atoms with Crippen molar-refractivity contribution in [2.24, 2.45) is 5.73 Å². The summed E-state index contributed by atoms with van der Waals surface area (Å²) in [5, 5.41) is 8.93. The second-order valence-electron chi connectivity index (χ2n) is 6.63. The normalized spacial score (nSPS) is 16.8. The van der Waals surface area contributed by atoms with E-state index in [-0.39, 0.29) is 24.3 Å². The Balaban J connectivity index is 0.00000210. The molecule has 140 valence electrons. The van der Waals surface area contributed by atoms with Crippen molar-refractivity contribution in [3.8, 4) is 6.07 Å². The van der Waals surface area contributed by atoms with Crippen LogP contribution in [0.15, 0.2) is 36.5 Å². The van der Waals surface area contributed by atoms with Gasteiger partial charge in [0.25, 0.3) is 0 Å². The van der Waals surface area contributed by atoms with Crippen molar-refractivity contribution in [3.63, 3.8) is 0 Å². The van der Waals surface area contributed by atoms with Gasteiger partial charge in [-0.25, -0.2) is 9.37 Å². The number of pyridine rings is 1. The van der Waals surface area contributed by atoms with Crippen molar-refractivity contribution < 1.29 is 4.39 Å². The number of aromatic nitrogens is 3. The second kappa shape index (κ2) is 7.91. The number of anilines is 1. The van der Waals surface area contributed by atoms with Crippen LogP contribution in [-0.2, 0) is 6.54 Å². The Morgan fingerprint density at radius 1 is 1.30 bits per heavy atom. The Morgan fingerprint density at radius 3 is 2.85 bits per heavy atom. The number of hydrogen-bond acceptors (Lipinski definition) is 5. The molecule has 2 aromatic heterocycles. The molecule has 2 N–H and O–H groups in total. The van der Waals surface area contributed by atoms with E-state index in [1.807, 2.05) is 10.6 Å². The van der Waals surface area contributed by atoms with Gasteiger partial charge >= 0.3 is 0 Å². The topological polar surface area (TPSA) is 83.8 Å². The number of fused-ring (bicyclic) bond motifs is 1. The average molecular weight is 387 g/mol. The van der Waals surface area contributed by atoms with Gasteiger partial charge in [0.1, 0.15) is 11.9 Å². The maximum Gasteiger partial charge on any atom is 0.206 e. The second-order valence-corrected chi connectivity index (χ2v) is 6.63. The van der Waals surface area contributed by atoms with Crippen molar-refractivity contribution >= 4 is 29.4 Å². The molecule has 27 heavy (non-hydrogen) atoms. The van der Waals surface area contributed by atoms with Gasteiger partial charge in [0.05, 0.1) is 28.8 Å². The third-order valence-corrected chi connectivity index (χ3v) is 4.70. The minimum absolute atomic E-state index is 0. The Bertz CT molecular complexity index is 978. The van der Waals surface area contributed by atoms with Crippen LogP contribution in [0.4, 0.5) is 10.3 Å². The third-order valence-electron chi connectivity index (χ3n) is 4.70. The molecule has 0 radical (unpaired) electrons. The summed E-state index contributed by atoms with van der Waals surface area (Å²) in [6.45, 7) is 2.06. The van der Waals surface area contributed by atoms with Gasteiger partial charge in [-0.2, -0.15) is 5.26 Å². The number of halogens is 2. The van der Waals surface area contributed by atoms with Gasteiger partial charge in [0.15, 0.2) is 0 Å². The van der Waals surface area contributed by atoms with Gasteiger partial charge in [-0.05, 0) is 43.2 Å². The molecule has 0 bridgehead atoms. The van der Waals surface area contributed by atoms with E-state index in [9.17, 15) is 4.39 Å². The van der Waals surface area contributed by atoms with E-state index in [1.54, 1.807) is 18.3 Å². The van der Waals surface area contributed by atoms with Crippen LogP contribution in [0.1, 0.15) is 24.1 Å². The lowest BCUT2D eigenvalue weighted by Gasteiger charge is -2.32. The van der Waals surface area contributed by atoms with Crippen LogP contribution in [0.3, 0.4) is 0 Å².